The van der Waals surface area contributed by atoms with Crippen LogP contribution in [0.5, 0.6) is 0 Å². The van der Waals surface area contributed by atoms with Crippen LogP contribution in [0, 0.1) is 11.3 Å². The number of fused-ring (bicyclic) bond motifs is 2. The molecule has 1 aliphatic heterocycles. The Kier molecular flexibility index (Phi) is 7.39. The molecule has 5 nitrogen and oxygen atoms in total. The minimum atomic E-state index is 0. The molecule has 4 rings (SSSR count). The molecule has 1 aromatic carbocycles. The Bertz CT molecular complexity index is 621. The lowest BCUT2D eigenvalue weighted by Gasteiger charge is -2.63. The molecule has 1 aromatic rings. The minimum absolute atomic E-state index is 0. The van der Waals surface area contributed by atoms with Crippen molar-refractivity contribution in [1.82, 2.24) is 10.6 Å². The van der Waals surface area contributed by atoms with Crippen molar-refractivity contribution in [2.24, 2.45) is 16.3 Å². The molecule has 2 aliphatic carbocycles. The molecule has 1 saturated heterocycles. The van der Waals surface area contributed by atoms with Crippen molar-refractivity contribution in [2.45, 2.75) is 51.4 Å². The van der Waals surface area contributed by atoms with Crippen LogP contribution in [0.2, 0.25) is 0 Å². The van der Waals surface area contributed by atoms with Crippen molar-refractivity contribution < 1.29 is 9.47 Å². The second-order valence-electron chi connectivity index (χ2n) is 7.75. The maximum Gasteiger partial charge on any atom is 0.191 e. The number of ether oxygens (including phenoxy) is 2. The number of hydrogen-bond acceptors (Lipinski definition) is 3. The zero-order valence-corrected chi connectivity index (χ0v) is 18.5. The SMILES string of the molecule is CCNC(=NCCOCc1ccccc1)NC1C2CCOC2C12CCC2.I. The maximum atomic E-state index is 6.02. The predicted octanol–water partition coefficient (Wildman–Crippen LogP) is 3.33. The highest BCUT2D eigenvalue weighted by molar-refractivity contribution is 14.0. The van der Waals surface area contributed by atoms with Gasteiger partial charge in [0.1, 0.15) is 0 Å². The van der Waals surface area contributed by atoms with E-state index in [9.17, 15) is 0 Å². The van der Waals surface area contributed by atoms with Gasteiger partial charge in [0.15, 0.2) is 5.96 Å². The molecule has 0 radical (unpaired) electrons. The summed E-state index contributed by atoms with van der Waals surface area (Å²) in [5.41, 5.74) is 1.58. The van der Waals surface area contributed by atoms with E-state index in [4.69, 9.17) is 14.5 Å². The van der Waals surface area contributed by atoms with Crippen LogP contribution >= 0.6 is 24.0 Å². The highest BCUT2D eigenvalue weighted by Crippen LogP contribution is 2.62. The zero-order chi connectivity index (χ0) is 17.8. The largest absolute Gasteiger partial charge is 0.377 e. The van der Waals surface area contributed by atoms with E-state index in [1.54, 1.807) is 0 Å². The van der Waals surface area contributed by atoms with Gasteiger partial charge in [-0.25, -0.2) is 0 Å². The first kappa shape index (κ1) is 20.9. The fourth-order valence-corrected chi connectivity index (χ4v) is 4.91. The van der Waals surface area contributed by atoms with E-state index < -0.39 is 0 Å². The Balaban J connectivity index is 0.00000210. The summed E-state index contributed by atoms with van der Waals surface area (Å²) in [6.45, 7) is 5.87. The van der Waals surface area contributed by atoms with E-state index in [2.05, 4.69) is 29.7 Å². The molecule has 2 saturated carbocycles. The number of guanidine groups is 1. The first-order valence-corrected chi connectivity index (χ1v) is 10.1. The minimum Gasteiger partial charge on any atom is -0.377 e. The van der Waals surface area contributed by atoms with Crippen molar-refractivity contribution in [3.8, 4) is 0 Å². The average Bonchev–Trinajstić information content (AvgIpc) is 3.04. The first-order chi connectivity index (χ1) is 12.8. The summed E-state index contributed by atoms with van der Waals surface area (Å²) in [7, 11) is 0. The van der Waals surface area contributed by atoms with Crippen LogP contribution in [0.4, 0.5) is 0 Å². The second kappa shape index (κ2) is 9.56. The standard InChI is InChI=1S/C21H31N3O2.HI/c1-2-22-20(23-12-14-25-15-16-7-4-3-5-8-16)24-18-17-9-13-26-19(17)21(18)10-6-11-21;/h3-5,7-8,17-19H,2,6,9-15H2,1H3,(H2,22,23,24);1H. The van der Waals surface area contributed by atoms with Gasteiger partial charge >= 0.3 is 0 Å². The summed E-state index contributed by atoms with van der Waals surface area (Å²) in [6.07, 6.45) is 5.61. The molecule has 3 unspecified atom stereocenters. The molecule has 3 aliphatic rings. The molecule has 150 valence electrons. The molecule has 1 heterocycles. The summed E-state index contributed by atoms with van der Waals surface area (Å²) < 4.78 is 11.8. The van der Waals surface area contributed by atoms with Crippen LogP contribution < -0.4 is 10.6 Å². The molecule has 0 bridgehead atoms. The lowest BCUT2D eigenvalue weighted by Crippen LogP contribution is -2.72. The van der Waals surface area contributed by atoms with E-state index in [-0.39, 0.29) is 24.0 Å². The van der Waals surface area contributed by atoms with E-state index in [1.165, 1.54) is 31.2 Å². The summed E-state index contributed by atoms with van der Waals surface area (Å²) in [5, 5.41) is 7.13. The first-order valence-electron chi connectivity index (χ1n) is 10.1. The number of nitrogens with zero attached hydrogens (tertiary/aromatic N) is 1. The van der Waals surface area contributed by atoms with Gasteiger partial charge in [-0.1, -0.05) is 36.8 Å². The van der Waals surface area contributed by atoms with E-state index in [0.29, 0.717) is 43.2 Å². The van der Waals surface area contributed by atoms with Crippen LogP contribution in [0.3, 0.4) is 0 Å². The third-order valence-electron chi connectivity index (χ3n) is 6.29. The molecule has 0 amide bonds. The Morgan fingerprint density at radius 1 is 1.30 bits per heavy atom. The van der Waals surface area contributed by atoms with Gasteiger partial charge in [-0.3, -0.25) is 4.99 Å². The van der Waals surface area contributed by atoms with Gasteiger partial charge in [-0.2, -0.15) is 0 Å². The van der Waals surface area contributed by atoms with Gasteiger partial charge in [-0.15, -0.1) is 24.0 Å². The molecule has 3 atom stereocenters. The molecule has 27 heavy (non-hydrogen) atoms. The number of benzene rings is 1. The molecule has 1 spiro atoms. The summed E-state index contributed by atoms with van der Waals surface area (Å²) in [4.78, 5) is 4.73. The molecular formula is C21H32IN3O2. The number of nitrogens with one attached hydrogen (secondary N) is 2. The van der Waals surface area contributed by atoms with E-state index >= 15 is 0 Å². The zero-order valence-electron chi connectivity index (χ0n) is 16.2. The predicted molar refractivity (Wildman–Crippen MR) is 119 cm³/mol. The van der Waals surface area contributed by atoms with Gasteiger partial charge < -0.3 is 20.1 Å². The third kappa shape index (κ3) is 4.27. The van der Waals surface area contributed by atoms with Crippen molar-refractivity contribution >= 4 is 29.9 Å². The molecule has 3 fully saturated rings. The van der Waals surface area contributed by atoms with Crippen LogP contribution in [0.15, 0.2) is 35.3 Å². The lowest BCUT2D eigenvalue weighted by atomic mass is 9.46. The average molecular weight is 485 g/mol. The summed E-state index contributed by atoms with van der Waals surface area (Å²) in [5.74, 6) is 1.59. The normalized spacial score (nSPS) is 27.9. The van der Waals surface area contributed by atoms with Gasteiger partial charge in [0, 0.05) is 30.5 Å². The van der Waals surface area contributed by atoms with Crippen LogP contribution in [0.1, 0.15) is 38.2 Å². The van der Waals surface area contributed by atoms with E-state index in [0.717, 1.165) is 19.1 Å². The molecule has 2 N–H and O–H groups in total. The smallest absolute Gasteiger partial charge is 0.191 e. The fraction of sp³-hybridized carbons (Fsp3) is 0.667. The van der Waals surface area contributed by atoms with Crippen LogP contribution in [-0.4, -0.2) is 44.4 Å². The number of halogens is 1. The Morgan fingerprint density at radius 2 is 2.11 bits per heavy atom. The van der Waals surface area contributed by atoms with Crippen molar-refractivity contribution in [3.63, 3.8) is 0 Å². The summed E-state index contributed by atoms with van der Waals surface area (Å²) >= 11 is 0. The highest BCUT2D eigenvalue weighted by atomic mass is 127. The second-order valence-corrected chi connectivity index (χ2v) is 7.75. The van der Waals surface area contributed by atoms with Gasteiger partial charge in [0.25, 0.3) is 0 Å². The number of hydrogen-bond donors (Lipinski definition) is 2. The Morgan fingerprint density at radius 3 is 2.81 bits per heavy atom. The summed E-state index contributed by atoms with van der Waals surface area (Å²) in [6, 6.07) is 10.8. The fourth-order valence-electron chi connectivity index (χ4n) is 4.91. The lowest BCUT2D eigenvalue weighted by molar-refractivity contribution is -0.171. The number of aliphatic imine (C=N–C) groups is 1. The third-order valence-corrected chi connectivity index (χ3v) is 6.29. The van der Waals surface area contributed by atoms with Crippen LogP contribution in [-0.2, 0) is 16.1 Å². The Hall–Kier alpha value is -0.860. The molecular weight excluding hydrogens is 453 g/mol. The monoisotopic (exact) mass is 485 g/mol. The quantitative estimate of drug-likeness (QED) is 0.269. The molecule has 6 heteroatoms. The van der Waals surface area contributed by atoms with E-state index in [1.807, 2.05) is 18.2 Å². The van der Waals surface area contributed by atoms with Gasteiger partial charge in [-0.05, 0) is 31.7 Å². The topological polar surface area (TPSA) is 54.9 Å². The van der Waals surface area contributed by atoms with Crippen molar-refractivity contribution in [3.05, 3.63) is 35.9 Å². The number of rotatable bonds is 7. The maximum absolute atomic E-state index is 6.02. The van der Waals surface area contributed by atoms with Gasteiger partial charge in [0.2, 0.25) is 0 Å². The van der Waals surface area contributed by atoms with Crippen molar-refractivity contribution in [1.29, 1.82) is 0 Å². The Labute approximate surface area is 179 Å². The van der Waals surface area contributed by atoms with Crippen molar-refractivity contribution in [2.75, 3.05) is 26.3 Å². The van der Waals surface area contributed by atoms with Crippen LogP contribution in [0.25, 0.3) is 0 Å². The molecule has 0 aromatic heterocycles. The van der Waals surface area contributed by atoms with Gasteiger partial charge in [0.05, 0.1) is 25.9 Å². The highest BCUT2D eigenvalue weighted by Gasteiger charge is 2.66.